The van der Waals surface area contributed by atoms with Gasteiger partial charge in [0.15, 0.2) is 18.3 Å². The molecule has 116 valence electrons. The summed E-state index contributed by atoms with van der Waals surface area (Å²) in [5.74, 6) is -2.66. The van der Waals surface area contributed by atoms with Gasteiger partial charge in [-0.1, -0.05) is 0 Å². The number of nitrogens with one attached hydrogen (secondary N) is 1. The van der Waals surface area contributed by atoms with Crippen molar-refractivity contribution in [2.45, 2.75) is 47.8 Å². The molecular formula is C11H15N3O7. The third kappa shape index (κ3) is 1.03. The van der Waals surface area contributed by atoms with Crippen LogP contribution in [0.25, 0.3) is 0 Å². The normalized spacial score (nSPS) is 66.2. The van der Waals surface area contributed by atoms with E-state index < -0.39 is 60.3 Å². The molecular weight excluding hydrogens is 286 g/mol. The van der Waals surface area contributed by atoms with Crippen LogP contribution in [0.3, 0.4) is 0 Å². The third-order valence-electron chi connectivity index (χ3n) is 5.44. The summed E-state index contributed by atoms with van der Waals surface area (Å²) in [5.41, 5.74) is 2.70. The second kappa shape index (κ2) is 3.18. The van der Waals surface area contributed by atoms with Gasteiger partial charge in [-0.05, 0) is 0 Å². The Kier molecular flexibility index (Phi) is 1.89. The fourth-order valence-electron chi connectivity index (χ4n) is 4.65. The van der Waals surface area contributed by atoms with Crippen molar-refractivity contribution in [3.8, 4) is 0 Å². The summed E-state index contributed by atoms with van der Waals surface area (Å²) in [6, 6.07) is 0. The van der Waals surface area contributed by atoms with Gasteiger partial charge in [0.25, 0.3) is 0 Å². The first-order chi connectivity index (χ1) is 9.87. The topological polar surface area (TPSA) is 159 Å². The first kappa shape index (κ1) is 12.5. The van der Waals surface area contributed by atoms with E-state index in [1.54, 1.807) is 0 Å². The van der Waals surface area contributed by atoms with Gasteiger partial charge in [-0.15, -0.1) is 0 Å². The minimum Gasteiger partial charge on any atom is -0.393 e. The zero-order valence-corrected chi connectivity index (χ0v) is 10.7. The van der Waals surface area contributed by atoms with E-state index in [4.69, 9.17) is 19.9 Å². The number of aliphatic imine (C=N–C) groups is 1. The van der Waals surface area contributed by atoms with Gasteiger partial charge in [0.05, 0.1) is 12.5 Å². The molecule has 21 heavy (non-hydrogen) atoms. The van der Waals surface area contributed by atoms with E-state index in [0.29, 0.717) is 0 Å². The lowest BCUT2D eigenvalue weighted by Gasteiger charge is -2.68. The Morgan fingerprint density at radius 1 is 1.29 bits per heavy atom. The van der Waals surface area contributed by atoms with E-state index in [1.165, 1.54) is 0 Å². The van der Waals surface area contributed by atoms with Gasteiger partial charge < -0.3 is 45.7 Å². The molecule has 0 aromatic carbocycles. The van der Waals surface area contributed by atoms with Crippen LogP contribution in [-0.2, 0) is 14.2 Å². The Hall–Kier alpha value is -1.01. The number of guanidine groups is 1. The number of nitrogens with zero attached hydrogens (tertiary/aromatic N) is 1. The summed E-state index contributed by atoms with van der Waals surface area (Å²) < 4.78 is 16.4. The van der Waals surface area contributed by atoms with Crippen molar-refractivity contribution in [1.29, 1.82) is 0 Å². The van der Waals surface area contributed by atoms with Crippen LogP contribution in [0.1, 0.15) is 0 Å². The SMILES string of the molecule is NC1=N[C@H]2O[C@@H]3[C@]4(O)O[C@@H]5[C@H]2[C@@]3(N1)[C@@H](O)[C@H](O4)[C@]5(O)CO. The third-order valence-corrected chi connectivity index (χ3v) is 5.44. The molecule has 5 heterocycles. The largest absolute Gasteiger partial charge is 0.393 e. The molecule has 7 bridgehead atoms. The van der Waals surface area contributed by atoms with Gasteiger partial charge in [-0.2, -0.15) is 0 Å². The number of aliphatic hydroxyl groups excluding tert-OH is 2. The molecule has 0 amide bonds. The highest BCUT2D eigenvalue weighted by Crippen LogP contribution is 2.63. The maximum atomic E-state index is 10.7. The molecule has 5 aliphatic heterocycles. The van der Waals surface area contributed by atoms with E-state index in [2.05, 4.69) is 10.3 Å². The molecule has 0 aromatic rings. The maximum absolute atomic E-state index is 10.7. The number of nitrogens with two attached hydrogens (primary N) is 1. The van der Waals surface area contributed by atoms with Gasteiger partial charge in [-0.25, -0.2) is 4.99 Å². The second-order valence-electron chi connectivity index (χ2n) is 6.31. The molecule has 10 nitrogen and oxygen atoms in total. The molecule has 6 rings (SSSR count). The summed E-state index contributed by atoms with van der Waals surface area (Å²) in [4.78, 5) is 4.09. The maximum Gasteiger partial charge on any atom is 0.311 e. The minimum absolute atomic E-state index is 0.0795. The van der Waals surface area contributed by atoms with Crippen molar-refractivity contribution in [3.63, 3.8) is 0 Å². The average Bonchev–Trinajstić information content (AvgIpc) is 2.59. The Morgan fingerprint density at radius 3 is 2.71 bits per heavy atom. The van der Waals surface area contributed by atoms with Crippen molar-refractivity contribution in [2.24, 2.45) is 16.6 Å². The van der Waals surface area contributed by atoms with Crippen LogP contribution >= 0.6 is 0 Å². The highest BCUT2D eigenvalue weighted by atomic mass is 16.9. The first-order valence-corrected chi connectivity index (χ1v) is 6.73. The molecule has 0 radical (unpaired) electrons. The molecule has 10 heteroatoms. The lowest BCUT2D eigenvalue weighted by Crippen LogP contribution is -2.92. The van der Waals surface area contributed by atoms with E-state index in [9.17, 15) is 20.4 Å². The van der Waals surface area contributed by atoms with E-state index in [1.807, 2.05) is 0 Å². The fourth-order valence-corrected chi connectivity index (χ4v) is 4.65. The molecule has 0 unspecified atom stereocenters. The molecule has 6 aliphatic rings. The number of rotatable bonds is 1. The highest BCUT2D eigenvalue weighted by molar-refractivity contribution is 5.80. The van der Waals surface area contributed by atoms with Crippen molar-refractivity contribution < 1.29 is 34.6 Å². The van der Waals surface area contributed by atoms with Crippen LogP contribution < -0.4 is 11.1 Å². The highest BCUT2D eigenvalue weighted by Gasteiger charge is 2.86. The van der Waals surface area contributed by atoms with Crippen LogP contribution in [0.4, 0.5) is 0 Å². The summed E-state index contributed by atoms with van der Waals surface area (Å²) in [6.45, 7) is -0.696. The Labute approximate surface area is 118 Å². The molecule has 1 saturated carbocycles. The molecule has 9 atom stereocenters. The zero-order chi connectivity index (χ0) is 14.8. The first-order valence-electron chi connectivity index (χ1n) is 6.73. The number of hydrogen-bond donors (Lipinski definition) is 6. The van der Waals surface area contributed by atoms with Gasteiger partial charge >= 0.3 is 5.97 Å². The Bertz CT molecular complexity index is 574. The van der Waals surface area contributed by atoms with E-state index in [0.717, 1.165) is 0 Å². The van der Waals surface area contributed by atoms with E-state index in [-0.39, 0.29) is 5.96 Å². The molecule has 4 saturated heterocycles. The van der Waals surface area contributed by atoms with Gasteiger partial charge in [-0.3, -0.25) is 0 Å². The zero-order valence-electron chi connectivity index (χ0n) is 10.7. The lowest BCUT2D eigenvalue weighted by molar-refractivity contribution is -0.529. The smallest absolute Gasteiger partial charge is 0.311 e. The van der Waals surface area contributed by atoms with Crippen molar-refractivity contribution in [3.05, 3.63) is 0 Å². The summed E-state index contributed by atoms with van der Waals surface area (Å²) >= 11 is 0. The van der Waals surface area contributed by atoms with Crippen molar-refractivity contribution in [2.75, 3.05) is 6.61 Å². The van der Waals surface area contributed by atoms with Crippen LogP contribution in [0.2, 0.25) is 0 Å². The molecule has 0 aromatic heterocycles. The molecule has 5 fully saturated rings. The summed E-state index contributed by atoms with van der Waals surface area (Å²) in [7, 11) is 0. The molecule has 7 N–H and O–H groups in total. The predicted octanol–water partition coefficient (Wildman–Crippen LogP) is -4.47. The number of aliphatic hydroxyl groups is 4. The molecule has 1 aliphatic carbocycles. The lowest BCUT2D eigenvalue weighted by atomic mass is 9.56. The van der Waals surface area contributed by atoms with Crippen LogP contribution in [0.5, 0.6) is 0 Å². The van der Waals surface area contributed by atoms with E-state index >= 15 is 0 Å². The van der Waals surface area contributed by atoms with Gasteiger partial charge in [0.2, 0.25) is 0 Å². The summed E-state index contributed by atoms with van der Waals surface area (Å²) in [6.07, 6.45) is -5.35. The average molecular weight is 301 g/mol. The fraction of sp³-hybridized carbons (Fsp3) is 0.909. The second-order valence-corrected chi connectivity index (χ2v) is 6.31. The van der Waals surface area contributed by atoms with Crippen molar-refractivity contribution in [1.82, 2.24) is 5.32 Å². The Morgan fingerprint density at radius 2 is 2.00 bits per heavy atom. The van der Waals surface area contributed by atoms with Gasteiger partial charge in [0, 0.05) is 0 Å². The van der Waals surface area contributed by atoms with Crippen LogP contribution in [0, 0.1) is 5.92 Å². The molecule has 1 spiro atoms. The summed E-state index contributed by atoms with van der Waals surface area (Å²) in [5, 5.41) is 44.4. The predicted molar refractivity (Wildman–Crippen MR) is 62.4 cm³/mol. The van der Waals surface area contributed by atoms with Crippen LogP contribution in [-0.4, -0.2) is 80.7 Å². The van der Waals surface area contributed by atoms with Crippen LogP contribution in [0.15, 0.2) is 4.99 Å². The number of hydrogen-bond acceptors (Lipinski definition) is 10. The Balaban J connectivity index is 1.77. The van der Waals surface area contributed by atoms with Gasteiger partial charge in [0.1, 0.15) is 29.5 Å². The minimum atomic E-state index is -2.13. The quantitative estimate of drug-likeness (QED) is 0.281. The van der Waals surface area contributed by atoms with Crippen molar-refractivity contribution >= 4 is 5.96 Å². The standard InChI is InChI=1S/C11H15N3O7/c12-8-13-6-2-4-9(17,1-15)5-3(16)10(2,14-8)7(19-6)11(18,20-4)21-5/h2-7,15-18H,1H2,(H3,12,13,14)/t2-,3+,4-,5+,6+,7+,9+,10-,11+/m1/s1. The monoisotopic (exact) mass is 301 g/mol. The number of ether oxygens (including phenoxy) is 3.